The van der Waals surface area contributed by atoms with E-state index in [0.29, 0.717) is 11.0 Å². The van der Waals surface area contributed by atoms with Crippen LogP contribution in [0, 0.1) is 0 Å². The van der Waals surface area contributed by atoms with Crippen LogP contribution in [0.1, 0.15) is 24.0 Å². The largest absolute Gasteiger partial charge is 0.389 e. The third-order valence-corrected chi connectivity index (χ3v) is 4.09. The zero-order valence-corrected chi connectivity index (χ0v) is 12.6. The van der Waals surface area contributed by atoms with Crippen molar-refractivity contribution in [3.63, 3.8) is 0 Å². The Bertz CT molecular complexity index is 428. The van der Waals surface area contributed by atoms with Crippen molar-refractivity contribution in [2.24, 2.45) is 5.73 Å². The number of nitrogens with zero attached hydrogens (tertiary/aromatic N) is 2. The summed E-state index contributed by atoms with van der Waals surface area (Å²) in [5, 5.41) is 0. The van der Waals surface area contributed by atoms with Crippen LogP contribution in [-0.4, -0.2) is 48.0 Å². The number of rotatable bonds is 4. The number of likely N-dealkylation sites (tertiary alicyclic amines) is 1. The van der Waals surface area contributed by atoms with E-state index in [0.717, 1.165) is 18.7 Å². The van der Waals surface area contributed by atoms with Crippen molar-refractivity contribution in [1.29, 1.82) is 0 Å². The van der Waals surface area contributed by atoms with Crippen LogP contribution in [0.25, 0.3) is 0 Å². The fraction of sp³-hybridized carbons (Fsp3) is 0.533. The summed E-state index contributed by atoms with van der Waals surface area (Å²) in [7, 11) is 4.34. The van der Waals surface area contributed by atoms with Gasteiger partial charge in [-0.2, -0.15) is 0 Å². The number of thiocarbonyl (C=S) groups is 1. The second-order valence-corrected chi connectivity index (χ2v) is 6.00. The van der Waals surface area contributed by atoms with Gasteiger partial charge in [-0.05, 0) is 39.0 Å². The van der Waals surface area contributed by atoms with Crippen molar-refractivity contribution in [3.8, 4) is 0 Å². The minimum Gasteiger partial charge on any atom is -0.389 e. The molecule has 2 rings (SSSR count). The molecule has 1 saturated heterocycles. The molecule has 0 aliphatic carbocycles. The number of benzene rings is 1. The SMILES string of the molecule is CN(C)C1CCCN(Cc2ccc(C(N)=S)cc2)C1. The molecule has 1 aliphatic heterocycles. The zero-order chi connectivity index (χ0) is 13.8. The lowest BCUT2D eigenvalue weighted by molar-refractivity contribution is 0.128. The normalized spacial score (nSPS) is 20.7. The molecule has 1 aromatic rings. The maximum Gasteiger partial charge on any atom is 0.103 e. The molecule has 0 aromatic heterocycles. The summed E-state index contributed by atoms with van der Waals surface area (Å²) in [6.45, 7) is 3.37. The van der Waals surface area contributed by atoms with Crippen molar-refractivity contribution in [2.45, 2.75) is 25.4 Å². The van der Waals surface area contributed by atoms with Gasteiger partial charge in [-0.15, -0.1) is 0 Å². The Morgan fingerprint density at radius 1 is 1.37 bits per heavy atom. The van der Waals surface area contributed by atoms with E-state index in [4.69, 9.17) is 18.0 Å². The first-order valence-electron chi connectivity index (χ1n) is 6.84. The Balaban J connectivity index is 1.95. The van der Waals surface area contributed by atoms with E-state index in [1.165, 1.54) is 24.9 Å². The molecule has 1 aromatic carbocycles. The number of nitrogens with two attached hydrogens (primary N) is 1. The van der Waals surface area contributed by atoms with E-state index in [1.54, 1.807) is 0 Å². The summed E-state index contributed by atoms with van der Waals surface area (Å²) in [4.78, 5) is 5.34. The van der Waals surface area contributed by atoms with E-state index < -0.39 is 0 Å². The Hall–Kier alpha value is -0.970. The molecular formula is C15H23N3S. The van der Waals surface area contributed by atoms with Crippen LogP contribution >= 0.6 is 12.2 Å². The fourth-order valence-electron chi connectivity index (χ4n) is 2.63. The first-order chi connectivity index (χ1) is 9.06. The number of likely N-dealkylation sites (N-methyl/N-ethyl adjacent to an activating group) is 1. The molecule has 3 nitrogen and oxygen atoms in total. The second-order valence-electron chi connectivity index (χ2n) is 5.56. The predicted molar refractivity (Wildman–Crippen MR) is 84.3 cm³/mol. The first kappa shape index (κ1) is 14.4. The van der Waals surface area contributed by atoms with Crippen molar-refractivity contribution < 1.29 is 0 Å². The molecule has 1 unspecified atom stereocenters. The first-order valence-corrected chi connectivity index (χ1v) is 7.24. The summed E-state index contributed by atoms with van der Waals surface area (Å²) >= 11 is 4.97. The van der Waals surface area contributed by atoms with Gasteiger partial charge in [0.15, 0.2) is 0 Å². The van der Waals surface area contributed by atoms with Crippen molar-refractivity contribution in [3.05, 3.63) is 35.4 Å². The minimum absolute atomic E-state index is 0.470. The number of hydrogen-bond donors (Lipinski definition) is 1. The standard InChI is InChI=1S/C15H23N3S/c1-17(2)14-4-3-9-18(11-14)10-12-5-7-13(8-6-12)15(16)19/h5-8,14H,3-4,9-11H2,1-2H3,(H2,16,19). The maximum absolute atomic E-state index is 5.62. The van der Waals surface area contributed by atoms with Crippen molar-refractivity contribution in [1.82, 2.24) is 9.80 Å². The Morgan fingerprint density at radius 2 is 2.05 bits per heavy atom. The van der Waals surface area contributed by atoms with E-state index in [9.17, 15) is 0 Å². The molecule has 4 heteroatoms. The zero-order valence-electron chi connectivity index (χ0n) is 11.8. The highest BCUT2D eigenvalue weighted by Gasteiger charge is 2.21. The summed E-state index contributed by atoms with van der Waals surface area (Å²) in [6.07, 6.45) is 2.59. The van der Waals surface area contributed by atoms with Gasteiger partial charge >= 0.3 is 0 Å². The van der Waals surface area contributed by atoms with Crippen LogP contribution in [0.15, 0.2) is 24.3 Å². The molecule has 2 N–H and O–H groups in total. The van der Waals surface area contributed by atoms with Gasteiger partial charge in [-0.3, -0.25) is 4.90 Å². The molecule has 0 radical (unpaired) electrons. The van der Waals surface area contributed by atoms with Crippen LogP contribution in [0.3, 0.4) is 0 Å². The van der Waals surface area contributed by atoms with Crippen LogP contribution < -0.4 is 5.73 Å². The predicted octanol–water partition coefficient (Wildman–Crippen LogP) is 1.85. The summed E-state index contributed by atoms with van der Waals surface area (Å²) in [5.74, 6) is 0. The van der Waals surface area contributed by atoms with Crippen molar-refractivity contribution >= 4 is 17.2 Å². The van der Waals surface area contributed by atoms with Gasteiger partial charge in [0.1, 0.15) is 4.99 Å². The highest BCUT2D eigenvalue weighted by molar-refractivity contribution is 7.80. The van der Waals surface area contributed by atoms with Gasteiger partial charge in [0, 0.05) is 24.7 Å². The average molecular weight is 277 g/mol. The Kier molecular flexibility index (Phi) is 4.91. The summed E-state index contributed by atoms with van der Waals surface area (Å²) < 4.78 is 0. The van der Waals surface area contributed by atoms with E-state index >= 15 is 0 Å². The van der Waals surface area contributed by atoms with Crippen LogP contribution in [0.5, 0.6) is 0 Å². The topological polar surface area (TPSA) is 32.5 Å². The molecular weight excluding hydrogens is 254 g/mol. The smallest absolute Gasteiger partial charge is 0.103 e. The third-order valence-electron chi connectivity index (χ3n) is 3.86. The minimum atomic E-state index is 0.470. The number of piperidine rings is 1. The average Bonchev–Trinajstić information content (AvgIpc) is 2.39. The molecule has 0 spiro atoms. The van der Waals surface area contributed by atoms with Crippen LogP contribution in [-0.2, 0) is 6.54 Å². The molecule has 0 saturated carbocycles. The van der Waals surface area contributed by atoms with E-state index in [1.807, 2.05) is 12.1 Å². The van der Waals surface area contributed by atoms with Gasteiger partial charge < -0.3 is 10.6 Å². The van der Waals surface area contributed by atoms with E-state index in [2.05, 4.69) is 36.0 Å². The van der Waals surface area contributed by atoms with Crippen LogP contribution in [0.2, 0.25) is 0 Å². The molecule has 1 fully saturated rings. The van der Waals surface area contributed by atoms with Gasteiger partial charge in [-0.25, -0.2) is 0 Å². The highest BCUT2D eigenvalue weighted by Crippen LogP contribution is 2.16. The molecule has 104 valence electrons. The monoisotopic (exact) mass is 277 g/mol. The summed E-state index contributed by atoms with van der Waals surface area (Å²) in [5.41, 5.74) is 7.90. The van der Waals surface area contributed by atoms with Gasteiger partial charge in [0.05, 0.1) is 0 Å². The second kappa shape index (κ2) is 6.46. The van der Waals surface area contributed by atoms with Crippen LogP contribution in [0.4, 0.5) is 0 Å². The maximum atomic E-state index is 5.62. The highest BCUT2D eigenvalue weighted by atomic mass is 32.1. The van der Waals surface area contributed by atoms with Gasteiger partial charge in [-0.1, -0.05) is 36.5 Å². The van der Waals surface area contributed by atoms with E-state index in [-0.39, 0.29) is 0 Å². The molecule has 19 heavy (non-hydrogen) atoms. The molecule has 0 bridgehead atoms. The fourth-order valence-corrected chi connectivity index (χ4v) is 2.76. The Morgan fingerprint density at radius 3 is 2.63 bits per heavy atom. The molecule has 1 aliphatic rings. The lowest BCUT2D eigenvalue weighted by Gasteiger charge is -2.36. The Labute approximate surface area is 121 Å². The number of hydrogen-bond acceptors (Lipinski definition) is 3. The quantitative estimate of drug-likeness (QED) is 0.851. The molecule has 1 atom stereocenters. The molecule has 0 amide bonds. The van der Waals surface area contributed by atoms with Gasteiger partial charge in [0.25, 0.3) is 0 Å². The lowest BCUT2D eigenvalue weighted by atomic mass is 10.0. The summed E-state index contributed by atoms with van der Waals surface area (Å²) in [6, 6.07) is 8.99. The third kappa shape index (κ3) is 4.00. The lowest BCUT2D eigenvalue weighted by Crippen LogP contribution is -2.44. The molecule has 1 heterocycles. The van der Waals surface area contributed by atoms with Gasteiger partial charge in [0.2, 0.25) is 0 Å². The van der Waals surface area contributed by atoms with Crippen molar-refractivity contribution in [2.75, 3.05) is 27.2 Å².